The summed E-state index contributed by atoms with van der Waals surface area (Å²) in [6.45, 7) is 4.06. The molecule has 3 rings (SSSR count). The summed E-state index contributed by atoms with van der Waals surface area (Å²) >= 11 is 0. The number of nitrogens with zero attached hydrogens (tertiary/aromatic N) is 1. The van der Waals surface area contributed by atoms with Gasteiger partial charge in [0.05, 0.1) is 14.2 Å². The summed E-state index contributed by atoms with van der Waals surface area (Å²) in [7, 11) is 3.29. The van der Waals surface area contributed by atoms with Crippen LogP contribution in [0, 0.1) is 5.41 Å². The fourth-order valence-electron chi connectivity index (χ4n) is 3.87. The molecule has 1 aromatic carbocycles. The summed E-state index contributed by atoms with van der Waals surface area (Å²) in [5.41, 5.74) is 1.53. The van der Waals surface area contributed by atoms with Crippen LogP contribution in [0.1, 0.15) is 31.2 Å². The van der Waals surface area contributed by atoms with E-state index in [2.05, 4.69) is 5.32 Å². The van der Waals surface area contributed by atoms with Gasteiger partial charge in [0.15, 0.2) is 0 Å². The van der Waals surface area contributed by atoms with E-state index >= 15 is 0 Å². The molecule has 0 aliphatic carbocycles. The lowest BCUT2D eigenvalue weighted by atomic mass is 9.78. The van der Waals surface area contributed by atoms with Crippen molar-refractivity contribution < 1.29 is 14.3 Å². The number of amides is 1. The van der Waals surface area contributed by atoms with Gasteiger partial charge in [-0.1, -0.05) is 0 Å². The zero-order valence-corrected chi connectivity index (χ0v) is 14.8. The number of ether oxygens (including phenoxy) is 2. The number of benzene rings is 1. The van der Waals surface area contributed by atoms with Crippen LogP contribution in [0.2, 0.25) is 0 Å². The van der Waals surface area contributed by atoms with Crippen molar-refractivity contribution in [3.63, 3.8) is 0 Å². The molecule has 1 spiro atoms. The minimum Gasteiger partial charge on any atom is -0.497 e. The molecule has 132 valence electrons. The highest BCUT2D eigenvalue weighted by Crippen LogP contribution is 2.37. The van der Waals surface area contributed by atoms with Gasteiger partial charge < -0.3 is 19.7 Å². The van der Waals surface area contributed by atoms with Gasteiger partial charge in [0.2, 0.25) is 5.91 Å². The number of methoxy groups -OCH3 is 2. The van der Waals surface area contributed by atoms with Crippen LogP contribution >= 0.6 is 0 Å². The monoisotopic (exact) mass is 332 g/mol. The summed E-state index contributed by atoms with van der Waals surface area (Å²) in [4.78, 5) is 14.6. The van der Waals surface area contributed by atoms with E-state index in [0.29, 0.717) is 11.8 Å². The molecule has 1 aromatic rings. The second-order valence-electron chi connectivity index (χ2n) is 7.03. The van der Waals surface area contributed by atoms with E-state index in [4.69, 9.17) is 9.47 Å². The van der Waals surface area contributed by atoms with Crippen molar-refractivity contribution in [2.45, 2.75) is 32.1 Å². The molecule has 1 N–H and O–H groups in total. The summed E-state index contributed by atoms with van der Waals surface area (Å²) in [5, 5.41) is 3.47. The van der Waals surface area contributed by atoms with Crippen molar-refractivity contribution in [1.29, 1.82) is 0 Å². The summed E-state index contributed by atoms with van der Waals surface area (Å²) in [6, 6.07) is 5.81. The number of carbonyl (C=O) groups excluding carboxylic acids is 1. The summed E-state index contributed by atoms with van der Waals surface area (Å²) in [5.74, 6) is 1.80. The standard InChI is InChI=1S/C19H28N2O3/c1-23-16-11-15(12-17(13-16)24-2)3-4-18(22)21-9-6-19(7-10-21)5-8-20-14-19/h11-13,20H,3-10,14H2,1-2H3. The van der Waals surface area contributed by atoms with Crippen molar-refractivity contribution >= 4 is 5.91 Å². The van der Waals surface area contributed by atoms with Gasteiger partial charge in [0.25, 0.3) is 0 Å². The molecule has 2 aliphatic heterocycles. The molecule has 1 amide bonds. The fraction of sp³-hybridized carbons (Fsp3) is 0.632. The fourth-order valence-corrected chi connectivity index (χ4v) is 3.87. The Morgan fingerprint density at radius 1 is 1.12 bits per heavy atom. The Morgan fingerprint density at radius 2 is 1.79 bits per heavy atom. The number of likely N-dealkylation sites (tertiary alicyclic amines) is 1. The van der Waals surface area contributed by atoms with Crippen LogP contribution in [0.25, 0.3) is 0 Å². The molecule has 24 heavy (non-hydrogen) atoms. The second-order valence-corrected chi connectivity index (χ2v) is 7.03. The largest absolute Gasteiger partial charge is 0.497 e. The summed E-state index contributed by atoms with van der Waals surface area (Å²) < 4.78 is 10.6. The lowest BCUT2D eigenvalue weighted by molar-refractivity contribution is -0.133. The van der Waals surface area contributed by atoms with Gasteiger partial charge in [0, 0.05) is 32.1 Å². The van der Waals surface area contributed by atoms with Crippen LogP contribution in [0.4, 0.5) is 0 Å². The molecule has 2 saturated heterocycles. The Kier molecular flexibility index (Phi) is 5.29. The van der Waals surface area contributed by atoms with Crippen molar-refractivity contribution in [3.05, 3.63) is 23.8 Å². The Bertz CT molecular complexity index is 550. The van der Waals surface area contributed by atoms with Crippen LogP contribution in [-0.4, -0.2) is 51.2 Å². The molecule has 5 heteroatoms. The third-order valence-corrected chi connectivity index (χ3v) is 5.55. The topological polar surface area (TPSA) is 50.8 Å². The van der Waals surface area contributed by atoms with E-state index in [0.717, 1.165) is 62.5 Å². The average Bonchev–Trinajstić information content (AvgIpc) is 3.08. The van der Waals surface area contributed by atoms with Gasteiger partial charge in [-0.05, 0) is 55.3 Å². The number of carbonyl (C=O) groups is 1. The average molecular weight is 332 g/mol. The SMILES string of the molecule is COc1cc(CCC(=O)N2CCC3(CCNC3)CC2)cc(OC)c1. The summed E-state index contributed by atoms with van der Waals surface area (Å²) in [6.07, 6.45) is 4.80. The van der Waals surface area contributed by atoms with E-state index < -0.39 is 0 Å². The molecule has 0 aromatic heterocycles. The van der Waals surface area contributed by atoms with Gasteiger partial charge in [0.1, 0.15) is 11.5 Å². The molecule has 2 aliphatic rings. The first-order chi connectivity index (χ1) is 11.6. The molecular weight excluding hydrogens is 304 g/mol. The van der Waals surface area contributed by atoms with Crippen LogP contribution in [0.15, 0.2) is 18.2 Å². The Labute approximate surface area is 144 Å². The Morgan fingerprint density at radius 3 is 2.33 bits per heavy atom. The molecular formula is C19H28N2O3. The first-order valence-corrected chi connectivity index (χ1v) is 8.85. The number of hydrogen-bond donors (Lipinski definition) is 1. The lowest BCUT2D eigenvalue weighted by Crippen LogP contribution is -2.44. The number of hydrogen-bond acceptors (Lipinski definition) is 4. The lowest BCUT2D eigenvalue weighted by Gasteiger charge is -2.39. The first-order valence-electron chi connectivity index (χ1n) is 8.85. The van der Waals surface area contributed by atoms with E-state index in [9.17, 15) is 4.79 Å². The van der Waals surface area contributed by atoms with E-state index in [-0.39, 0.29) is 5.91 Å². The predicted octanol–water partition coefficient (Wildman–Crippen LogP) is 2.24. The first kappa shape index (κ1) is 17.1. The van der Waals surface area contributed by atoms with Gasteiger partial charge in [-0.3, -0.25) is 4.79 Å². The number of aryl methyl sites for hydroxylation is 1. The molecule has 2 fully saturated rings. The predicted molar refractivity (Wildman–Crippen MR) is 93.6 cm³/mol. The maximum Gasteiger partial charge on any atom is 0.222 e. The van der Waals surface area contributed by atoms with Crippen LogP contribution in [0.3, 0.4) is 0 Å². The van der Waals surface area contributed by atoms with Gasteiger partial charge >= 0.3 is 0 Å². The molecule has 2 heterocycles. The van der Waals surface area contributed by atoms with Crippen molar-refractivity contribution in [2.24, 2.45) is 5.41 Å². The highest BCUT2D eigenvalue weighted by atomic mass is 16.5. The number of rotatable bonds is 5. The molecule has 0 unspecified atom stereocenters. The Balaban J connectivity index is 1.52. The zero-order chi connectivity index (χ0) is 17.0. The van der Waals surface area contributed by atoms with Gasteiger partial charge in [-0.2, -0.15) is 0 Å². The van der Waals surface area contributed by atoms with Crippen LogP contribution in [0.5, 0.6) is 11.5 Å². The van der Waals surface area contributed by atoms with Crippen molar-refractivity contribution in [2.75, 3.05) is 40.4 Å². The molecule has 0 saturated carbocycles. The van der Waals surface area contributed by atoms with E-state index in [1.54, 1.807) is 14.2 Å². The number of nitrogens with one attached hydrogen (secondary N) is 1. The quantitative estimate of drug-likeness (QED) is 0.898. The van der Waals surface area contributed by atoms with E-state index in [1.807, 2.05) is 23.1 Å². The molecule has 0 radical (unpaired) electrons. The minimum absolute atomic E-state index is 0.262. The second kappa shape index (κ2) is 7.43. The maximum atomic E-state index is 12.5. The number of piperidine rings is 1. The normalized spacial score (nSPS) is 19.5. The highest BCUT2D eigenvalue weighted by Gasteiger charge is 2.37. The van der Waals surface area contributed by atoms with Crippen LogP contribution in [-0.2, 0) is 11.2 Å². The molecule has 0 atom stereocenters. The highest BCUT2D eigenvalue weighted by molar-refractivity contribution is 5.76. The smallest absolute Gasteiger partial charge is 0.222 e. The van der Waals surface area contributed by atoms with Crippen molar-refractivity contribution in [3.8, 4) is 11.5 Å². The van der Waals surface area contributed by atoms with E-state index in [1.165, 1.54) is 6.42 Å². The van der Waals surface area contributed by atoms with Crippen LogP contribution < -0.4 is 14.8 Å². The third-order valence-electron chi connectivity index (χ3n) is 5.55. The van der Waals surface area contributed by atoms with Gasteiger partial charge in [-0.15, -0.1) is 0 Å². The third kappa shape index (κ3) is 3.83. The maximum absolute atomic E-state index is 12.5. The molecule has 5 nitrogen and oxygen atoms in total. The Hall–Kier alpha value is -1.75. The minimum atomic E-state index is 0.262. The van der Waals surface area contributed by atoms with Gasteiger partial charge in [-0.25, -0.2) is 0 Å². The molecule has 0 bridgehead atoms. The zero-order valence-electron chi connectivity index (χ0n) is 14.8. The van der Waals surface area contributed by atoms with Crippen molar-refractivity contribution in [1.82, 2.24) is 10.2 Å².